The van der Waals surface area contributed by atoms with Crippen LogP contribution in [0.15, 0.2) is 11.1 Å². The highest BCUT2D eigenvalue weighted by Crippen LogP contribution is 2.44. The topological polar surface area (TPSA) is 0 Å². The number of allylic oxidation sites excluding steroid dienone is 2. The van der Waals surface area contributed by atoms with Crippen molar-refractivity contribution in [3.05, 3.63) is 11.1 Å². The molecule has 58 valence electrons. The lowest BCUT2D eigenvalue weighted by atomic mass is 9.67. The Morgan fingerprint density at radius 3 is 1.90 bits per heavy atom. The van der Waals surface area contributed by atoms with Crippen molar-refractivity contribution in [1.82, 2.24) is 0 Å². The quantitative estimate of drug-likeness (QED) is 0.450. The molecular weight excluding hydrogens is 120 g/mol. The highest BCUT2D eigenvalue weighted by Gasteiger charge is 2.30. The van der Waals surface area contributed by atoms with Crippen LogP contribution in [0.3, 0.4) is 0 Å². The van der Waals surface area contributed by atoms with E-state index in [4.69, 9.17) is 0 Å². The minimum atomic E-state index is 0.418. The molecule has 1 atom stereocenters. The van der Waals surface area contributed by atoms with Gasteiger partial charge in [0.2, 0.25) is 0 Å². The van der Waals surface area contributed by atoms with E-state index in [1.54, 1.807) is 11.1 Å². The third-order valence-electron chi connectivity index (χ3n) is 2.37. The first-order valence-electron chi connectivity index (χ1n) is 4.13. The molecule has 0 aromatic heterocycles. The van der Waals surface area contributed by atoms with Gasteiger partial charge in [0.1, 0.15) is 0 Å². The molecule has 0 radical (unpaired) electrons. The van der Waals surface area contributed by atoms with Crippen molar-refractivity contribution in [2.24, 2.45) is 11.3 Å². The molecule has 0 aliphatic heterocycles. The van der Waals surface area contributed by atoms with Crippen molar-refractivity contribution in [2.45, 2.75) is 41.0 Å². The van der Waals surface area contributed by atoms with Gasteiger partial charge < -0.3 is 0 Å². The maximum absolute atomic E-state index is 2.33. The first-order valence-corrected chi connectivity index (χ1v) is 4.13. The van der Waals surface area contributed by atoms with Gasteiger partial charge in [-0.25, -0.2) is 0 Å². The molecule has 1 unspecified atom stereocenters. The molecular formula is C10H18. The summed E-state index contributed by atoms with van der Waals surface area (Å²) in [6, 6.07) is 0. The van der Waals surface area contributed by atoms with E-state index < -0.39 is 0 Å². The van der Waals surface area contributed by atoms with E-state index in [-0.39, 0.29) is 0 Å². The van der Waals surface area contributed by atoms with Crippen LogP contribution in [0.1, 0.15) is 41.0 Å². The maximum atomic E-state index is 2.33. The van der Waals surface area contributed by atoms with Crippen LogP contribution in [0.5, 0.6) is 0 Å². The minimum absolute atomic E-state index is 0.418. The van der Waals surface area contributed by atoms with Crippen LogP contribution < -0.4 is 0 Å². The summed E-state index contributed by atoms with van der Waals surface area (Å²) in [5.74, 6) is 0.847. The maximum Gasteiger partial charge on any atom is -0.0168 e. The van der Waals surface area contributed by atoms with Crippen molar-refractivity contribution in [1.29, 1.82) is 0 Å². The molecule has 0 saturated carbocycles. The summed E-state index contributed by atoms with van der Waals surface area (Å²) in [7, 11) is 0. The summed E-state index contributed by atoms with van der Waals surface area (Å²) in [4.78, 5) is 0. The van der Waals surface area contributed by atoms with Crippen LogP contribution in [0, 0.1) is 11.3 Å². The Balaban J connectivity index is 2.83. The van der Waals surface area contributed by atoms with Gasteiger partial charge in [-0.2, -0.15) is 0 Å². The second-order valence-corrected chi connectivity index (χ2v) is 4.55. The summed E-state index contributed by atoms with van der Waals surface area (Å²) in [6.45, 7) is 11.5. The van der Waals surface area contributed by atoms with Gasteiger partial charge in [0.05, 0.1) is 0 Å². The van der Waals surface area contributed by atoms with Crippen LogP contribution in [0.2, 0.25) is 0 Å². The van der Waals surface area contributed by atoms with Gasteiger partial charge in [-0.15, -0.1) is 0 Å². The highest BCUT2D eigenvalue weighted by atomic mass is 14.4. The Bertz CT molecular complexity index is 167. The van der Waals surface area contributed by atoms with E-state index in [1.165, 1.54) is 6.42 Å². The zero-order chi connectivity index (χ0) is 7.94. The predicted octanol–water partition coefficient (Wildman–Crippen LogP) is 3.39. The SMILES string of the molecule is CC1=C(C(C)(C)C)C(C)C1. The molecule has 0 saturated heterocycles. The number of rotatable bonds is 0. The fourth-order valence-corrected chi connectivity index (χ4v) is 2.34. The first-order chi connectivity index (χ1) is 4.43. The van der Waals surface area contributed by atoms with Gasteiger partial charge in [-0.3, -0.25) is 0 Å². The molecule has 0 aromatic carbocycles. The standard InChI is InChI=1S/C10H18/c1-7-6-8(2)9(7)10(3,4)5/h7H,6H2,1-5H3. The number of hydrogen-bond donors (Lipinski definition) is 0. The van der Waals surface area contributed by atoms with Crippen LogP contribution >= 0.6 is 0 Å². The summed E-state index contributed by atoms with van der Waals surface area (Å²) >= 11 is 0. The molecule has 0 spiro atoms. The third kappa shape index (κ3) is 1.12. The van der Waals surface area contributed by atoms with Crippen LogP contribution in [0.4, 0.5) is 0 Å². The predicted molar refractivity (Wildman–Crippen MR) is 45.9 cm³/mol. The van der Waals surface area contributed by atoms with Crippen LogP contribution in [-0.4, -0.2) is 0 Å². The molecule has 0 nitrogen and oxygen atoms in total. The van der Waals surface area contributed by atoms with Crippen molar-refractivity contribution >= 4 is 0 Å². The molecule has 0 heteroatoms. The zero-order valence-corrected chi connectivity index (χ0v) is 7.78. The molecule has 10 heavy (non-hydrogen) atoms. The van der Waals surface area contributed by atoms with E-state index in [2.05, 4.69) is 34.6 Å². The molecule has 0 bridgehead atoms. The minimum Gasteiger partial charge on any atom is -0.0727 e. The van der Waals surface area contributed by atoms with Crippen molar-refractivity contribution in [3.63, 3.8) is 0 Å². The summed E-state index contributed by atoms with van der Waals surface area (Å²) in [5.41, 5.74) is 3.73. The molecule has 0 heterocycles. The van der Waals surface area contributed by atoms with E-state index in [1.807, 2.05) is 0 Å². The van der Waals surface area contributed by atoms with Gasteiger partial charge in [0, 0.05) is 0 Å². The average Bonchev–Trinajstić information content (AvgIpc) is 1.58. The normalized spacial score (nSPS) is 26.7. The Hall–Kier alpha value is -0.260. The summed E-state index contributed by atoms with van der Waals surface area (Å²) < 4.78 is 0. The fraction of sp³-hybridized carbons (Fsp3) is 0.800. The van der Waals surface area contributed by atoms with Gasteiger partial charge in [-0.1, -0.05) is 38.8 Å². The molecule has 1 aliphatic carbocycles. The number of hydrogen-bond acceptors (Lipinski definition) is 0. The molecule has 0 N–H and O–H groups in total. The Kier molecular flexibility index (Phi) is 1.66. The van der Waals surface area contributed by atoms with E-state index in [0.717, 1.165) is 5.92 Å². The molecule has 0 amide bonds. The van der Waals surface area contributed by atoms with Gasteiger partial charge in [0.25, 0.3) is 0 Å². The lowest BCUT2D eigenvalue weighted by molar-refractivity contribution is 0.385. The van der Waals surface area contributed by atoms with E-state index in [9.17, 15) is 0 Å². The molecule has 0 fully saturated rings. The lowest BCUT2D eigenvalue weighted by Crippen LogP contribution is -2.25. The van der Waals surface area contributed by atoms with Gasteiger partial charge in [-0.05, 0) is 24.7 Å². The monoisotopic (exact) mass is 138 g/mol. The smallest absolute Gasteiger partial charge is 0.0168 e. The molecule has 1 aliphatic rings. The van der Waals surface area contributed by atoms with E-state index in [0.29, 0.717) is 5.41 Å². The van der Waals surface area contributed by atoms with Crippen LogP contribution in [0.25, 0.3) is 0 Å². The highest BCUT2D eigenvalue weighted by molar-refractivity contribution is 5.30. The van der Waals surface area contributed by atoms with Crippen molar-refractivity contribution in [3.8, 4) is 0 Å². The first kappa shape index (κ1) is 7.84. The van der Waals surface area contributed by atoms with Crippen LogP contribution in [-0.2, 0) is 0 Å². The summed E-state index contributed by atoms with van der Waals surface area (Å²) in [6.07, 6.45) is 1.33. The molecule has 0 aromatic rings. The van der Waals surface area contributed by atoms with E-state index >= 15 is 0 Å². The third-order valence-corrected chi connectivity index (χ3v) is 2.37. The van der Waals surface area contributed by atoms with Crippen molar-refractivity contribution < 1.29 is 0 Å². The zero-order valence-electron chi connectivity index (χ0n) is 7.78. The Morgan fingerprint density at radius 1 is 1.30 bits per heavy atom. The second-order valence-electron chi connectivity index (χ2n) is 4.55. The molecule has 1 rings (SSSR count). The Morgan fingerprint density at radius 2 is 1.80 bits per heavy atom. The van der Waals surface area contributed by atoms with Crippen molar-refractivity contribution in [2.75, 3.05) is 0 Å². The Labute approximate surface area is 64.3 Å². The second kappa shape index (κ2) is 2.11. The lowest BCUT2D eigenvalue weighted by Gasteiger charge is -2.38. The fourth-order valence-electron chi connectivity index (χ4n) is 2.34. The largest absolute Gasteiger partial charge is 0.0727 e. The van der Waals surface area contributed by atoms with Gasteiger partial charge >= 0.3 is 0 Å². The summed E-state index contributed by atoms with van der Waals surface area (Å²) in [5, 5.41) is 0. The average molecular weight is 138 g/mol. The van der Waals surface area contributed by atoms with Gasteiger partial charge in [0.15, 0.2) is 0 Å².